The summed E-state index contributed by atoms with van der Waals surface area (Å²) in [6, 6.07) is 28.7. The first-order chi connectivity index (χ1) is 15.2. The summed E-state index contributed by atoms with van der Waals surface area (Å²) < 4.78 is 17.3. The average Bonchev–Trinajstić information content (AvgIpc) is 3.26. The topological polar surface area (TPSA) is 61.6 Å². The van der Waals surface area contributed by atoms with Crippen molar-refractivity contribution in [3.63, 3.8) is 0 Å². The van der Waals surface area contributed by atoms with Crippen LogP contribution in [0.5, 0.6) is 5.75 Å². The van der Waals surface area contributed by atoms with E-state index < -0.39 is 12.1 Å². The van der Waals surface area contributed by atoms with Crippen LogP contribution >= 0.6 is 0 Å². The lowest BCUT2D eigenvalue weighted by Gasteiger charge is -2.19. The number of aromatic nitrogens is 1. The van der Waals surface area contributed by atoms with E-state index in [1.165, 1.54) is 7.11 Å². The zero-order chi connectivity index (χ0) is 21.2. The molecule has 0 saturated carbocycles. The van der Waals surface area contributed by atoms with Gasteiger partial charge in [0.25, 0.3) is 0 Å². The summed E-state index contributed by atoms with van der Waals surface area (Å²) >= 11 is 0. The summed E-state index contributed by atoms with van der Waals surface area (Å²) in [5.41, 5.74) is 2.80. The van der Waals surface area contributed by atoms with Gasteiger partial charge in [0.2, 0.25) is 12.0 Å². The lowest BCUT2D eigenvalue weighted by atomic mass is 10.0. The van der Waals surface area contributed by atoms with Gasteiger partial charge in [-0.15, -0.1) is 0 Å². The summed E-state index contributed by atoms with van der Waals surface area (Å²) in [6.07, 6.45) is -0.921. The number of oxazole rings is 1. The van der Waals surface area contributed by atoms with Crippen LogP contribution in [-0.4, -0.2) is 18.1 Å². The second kappa shape index (κ2) is 7.95. The van der Waals surface area contributed by atoms with Crippen molar-refractivity contribution in [3.05, 3.63) is 96.6 Å². The first-order valence-corrected chi connectivity index (χ1v) is 9.91. The summed E-state index contributed by atoms with van der Waals surface area (Å²) in [6.45, 7) is 0. The van der Waals surface area contributed by atoms with Gasteiger partial charge in [-0.25, -0.2) is 9.78 Å². The Morgan fingerprint density at radius 2 is 1.55 bits per heavy atom. The fourth-order valence-corrected chi connectivity index (χ4v) is 3.59. The molecule has 0 fully saturated rings. The first-order valence-electron chi connectivity index (χ1n) is 9.91. The van der Waals surface area contributed by atoms with Crippen molar-refractivity contribution in [2.24, 2.45) is 0 Å². The Morgan fingerprint density at radius 3 is 2.29 bits per heavy atom. The van der Waals surface area contributed by atoms with Crippen LogP contribution in [0.15, 0.2) is 95.4 Å². The highest BCUT2D eigenvalue weighted by Crippen LogP contribution is 2.38. The maximum absolute atomic E-state index is 12.6. The zero-order valence-electron chi connectivity index (χ0n) is 16.8. The molecule has 5 nitrogen and oxygen atoms in total. The van der Waals surface area contributed by atoms with E-state index in [2.05, 4.69) is 4.98 Å². The number of benzene rings is 4. The van der Waals surface area contributed by atoms with Crippen molar-refractivity contribution in [1.29, 1.82) is 0 Å². The number of methoxy groups -OCH3 is 1. The second-order valence-corrected chi connectivity index (χ2v) is 7.11. The van der Waals surface area contributed by atoms with Gasteiger partial charge in [-0.1, -0.05) is 66.7 Å². The molecule has 0 aliphatic heterocycles. The van der Waals surface area contributed by atoms with Gasteiger partial charge in [0.05, 0.1) is 12.7 Å². The fourth-order valence-electron chi connectivity index (χ4n) is 3.59. The molecule has 0 bridgehead atoms. The standard InChI is InChI=1S/C26H19NO4/c1-29-26(28)24(17-9-3-2-4-10-17)30-23-16-19-12-6-5-11-18(19)15-20(23)25-27-21-13-7-8-14-22(21)31-25/h2-16,24H,1H3. The van der Waals surface area contributed by atoms with E-state index >= 15 is 0 Å². The molecule has 31 heavy (non-hydrogen) atoms. The molecule has 5 rings (SSSR count). The van der Waals surface area contributed by atoms with E-state index in [4.69, 9.17) is 13.9 Å². The molecule has 1 heterocycles. The predicted molar refractivity (Wildman–Crippen MR) is 119 cm³/mol. The normalized spacial score (nSPS) is 12.0. The molecular weight excluding hydrogens is 390 g/mol. The number of ether oxygens (including phenoxy) is 2. The highest BCUT2D eigenvalue weighted by Gasteiger charge is 2.26. The van der Waals surface area contributed by atoms with Gasteiger partial charge >= 0.3 is 5.97 Å². The van der Waals surface area contributed by atoms with Crippen LogP contribution in [0, 0.1) is 0 Å². The average molecular weight is 409 g/mol. The Balaban J connectivity index is 1.67. The fraction of sp³-hybridized carbons (Fsp3) is 0.0769. The van der Waals surface area contributed by atoms with Crippen molar-refractivity contribution < 1.29 is 18.7 Å². The summed E-state index contributed by atoms with van der Waals surface area (Å²) in [4.78, 5) is 17.2. The number of carbonyl (C=O) groups is 1. The van der Waals surface area contributed by atoms with E-state index in [0.29, 0.717) is 28.4 Å². The van der Waals surface area contributed by atoms with Crippen LogP contribution < -0.4 is 4.74 Å². The van der Waals surface area contributed by atoms with Crippen LogP contribution in [0.25, 0.3) is 33.3 Å². The van der Waals surface area contributed by atoms with Crippen molar-refractivity contribution in [2.75, 3.05) is 7.11 Å². The molecule has 0 amide bonds. The molecule has 0 aliphatic carbocycles. The van der Waals surface area contributed by atoms with E-state index in [1.807, 2.05) is 91.0 Å². The molecule has 0 aliphatic rings. The lowest BCUT2D eigenvalue weighted by Crippen LogP contribution is -2.20. The quantitative estimate of drug-likeness (QED) is 0.336. The van der Waals surface area contributed by atoms with Crippen LogP contribution in [0.3, 0.4) is 0 Å². The third kappa shape index (κ3) is 3.62. The van der Waals surface area contributed by atoms with Crippen molar-refractivity contribution >= 4 is 27.8 Å². The van der Waals surface area contributed by atoms with E-state index in [0.717, 1.165) is 16.3 Å². The summed E-state index contributed by atoms with van der Waals surface area (Å²) in [7, 11) is 1.35. The van der Waals surface area contributed by atoms with Gasteiger partial charge < -0.3 is 13.9 Å². The van der Waals surface area contributed by atoms with E-state index in [9.17, 15) is 4.79 Å². The number of para-hydroxylation sites is 2. The first kappa shape index (κ1) is 18.9. The molecule has 0 radical (unpaired) electrons. The monoisotopic (exact) mass is 409 g/mol. The molecular formula is C26H19NO4. The minimum Gasteiger partial charge on any atom is -0.473 e. The highest BCUT2D eigenvalue weighted by molar-refractivity contribution is 5.90. The Morgan fingerprint density at radius 1 is 0.871 bits per heavy atom. The SMILES string of the molecule is COC(=O)C(Oc1cc2ccccc2cc1-c1nc2ccccc2o1)c1ccccc1. The molecule has 1 aromatic heterocycles. The summed E-state index contributed by atoms with van der Waals surface area (Å²) in [5, 5.41) is 2.00. The number of rotatable bonds is 5. The highest BCUT2D eigenvalue weighted by atomic mass is 16.6. The number of hydrogen-bond donors (Lipinski definition) is 0. The van der Waals surface area contributed by atoms with Crippen molar-refractivity contribution in [2.45, 2.75) is 6.10 Å². The molecule has 1 unspecified atom stereocenters. The third-order valence-corrected chi connectivity index (χ3v) is 5.13. The van der Waals surface area contributed by atoms with E-state index in [-0.39, 0.29) is 0 Å². The second-order valence-electron chi connectivity index (χ2n) is 7.11. The van der Waals surface area contributed by atoms with E-state index in [1.54, 1.807) is 0 Å². The molecule has 0 spiro atoms. The smallest absolute Gasteiger partial charge is 0.351 e. The van der Waals surface area contributed by atoms with Gasteiger partial charge in [-0.3, -0.25) is 0 Å². The number of fused-ring (bicyclic) bond motifs is 2. The predicted octanol–water partition coefficient (Wildman–Crippen LogP) is 5.94. The van der Waals surface area contributed by atoms with Gasteiger partial charge in [0.15, 0.2) is 5.58 Å². The summed E-state index contributed by atoms with van der Waals surface area (Å²) in [5.74, 6) is 0.436. The molecule has 0 N–H and O–H groups in total. The maximum atomic E-state index is 12.6. The minimum absolute atomic E-state index is 0.429. The third-order valence-electron chi connectivity index (χ3n) is 5.13. The van der Waals surface area contributed by atoms with Crippen LogP contribution in [0.1, 0.15) is 11.7 Å². The largest absolute Gasteiger partial charge is 0.473 e. The number of esters is 1. The van der Waals surface area contributed by atoms with Crippen LogP contribution in [0.2, 0.25) is 0 Å². The number of hydrogen-bond acceptors (Lipinski definition) is 5. The molecule has 5 aromatic rings. The Bertz CT molecular complexity index is 1340. The van der Waals surface area contributed by atoms with Crippen LogP contribution in [0.4, 0.5) is 0 Å². The Hall–Kier alpha value is -4.12. The zero-order valence-corrected chi connectivity index (χ0v) is 16.8. The van der Waals surface area contributed by atoms with Crippen LogP contribution in [-0.2, 0) is 9.53 Å². The van der Waals surface area contributed by atoms with Crippen molar-refractivity contribution in [3.8, 4) is 17.2 Å². The van der Waals surface area contributed by atoms with Gasteiger partial charge in [0.1, 0.15) is 11.3 Å². The van der Waals surface area contributed by atoms with Gasteiger partial charge in [0, 0.05) is 5.56 Å². The van der Waals surface area contributed by atoms with Crippen molar-refractivity contribution in [1.82, 2.24) is 4.98 Å². The molecule has 0 saturated heterocycles. The molecule has 4 aromatic carbocycles. The molecule has 1 atom stereocenters. The number of nitrogens with zero attached hydrogens (tertiary/aromatic N) is 1. The molecule has 152 valence electrons. The minimum atomic E-state index is -0.921. The Labute approximate surface area is 178 Å². The maximum Gasteiger partial charge on any atom is 0.351 e. The molecule has 5 heteroatoms. The number of carbonyl (C=O) groups excluding carboxylic acids is 1. The Kier molecular flexibility index (Phi) is 4.84. The lowest BCUT2D eigenvalue weighted by molar-refractivity contribution is -0.149. The van der Waals surface area contributed by atoms with Gasteiger partial charge in [-0.2, -0.15) is 0 Å². The van der Waals surface area contributed by atoms with Gasteiger partial charge in [-0.05, 0) is 35.0 Å².